The fourth-order valence-electron chi connectivity index (χ4n) is 2.44. The number of hydrogen-bond donors (Lipinski definition) is 1. The molecule has 0 heterocycles. The lowest BCUT2D eigenvalue weighted by Gasteiger charge is -1.99. The van der Waals surface area contributed by atoms with Gasteiger partial charge in [-0.3, -0.25) is 0 Å². The van der Waals surface area contributed by atoms with Gasteiger partial charge in [0.1, 0.15) is 0 Å². The third-order valence-corrected chi connectivity index (χ3v) is 4.64. The minimum absolute atomic E-state index is 0.138. The molecule has 0 spiro atoms. The van der Waals surface area contributed by atoms with Gasteiger partial charge < -0.3 is 5.11 Å². The van der Waals surface area contributed by atoms with Crippen LogP contribution in [0.25, 0.3) is 0 Å². The van der Waals surface area contributed by atoms with Gasteiger partial charge in [0.25, 0.3) is 0 Å². The second-order valence-corrected chi connectivity index (χ2v) is 6.91. The van der Waals surface area contributed by atoms with Crippen molar-refractivity contribution in [2.75, 3.05) is 0 Å². The molecule has 4 nitrogen and oxygen atoms in total. The summed E-state index contributed by atoms with van der Waals surface area (Å²) in [5.74, 6) is -1.32. The van der Waals surface area contributed by atoms with Crippen molar-refractivity contribution in [3.63, 3.8) is 0 Å². The van der Waals surface area contributed by atoms with Crippen LogP contribution in [0.2, 0.25) is 0 Å². The van der Waals surface area contributed by atoms with Gasteiger partial charge in [-0.25, -0.2) is 4.79 Å². The van der Waals surface area contributed by atoms with Gasteiger partial charge in [0.15, 0.2) is 4.86 Å². The summed E-state index contributed by atoms with van der Waals surface area (Å²) in [6.07, 6.45) is 18.4. The van der Waals surface area contributed by atoms with E-state index in [2.05, 4.69) is 19.1 Å². The fourth-order valence-corrected chi connectivity index (χ4v) is 2.89. The van der Waals surface area contributed by atoms with Crippen LogP contribution in [0.1, 0.15) is 90.4 Å². The molecule has 0 radical (unpaired) electrons. The van der Waals surface area contributed by atoms with E-state index in [4.69, 9.17) is 5.11 Å². The Labute approximate surface area is 142 Å². The molecule has 0 aromatic carbocycles. The van der Waals surface area contributed by atoms with Crippen molar-refractivity contribution >= 4 is 21.1 Å². The molecule has 0 amide bonds. The van der Waals surface area contributed by atoms with Crippen LogP contribution < -0.4 is 0 Å². The zero-order chi connectivity index (χ0) is 17.3. The van der Waals surface area contributed by atoms with E-state index in [0.29, 0.717) is 6.42 Å². The molecule has 0 saturated carbocycles. The number of carboxylic acids is 1. The van der Waals surface area contributed by atoms with Gasteiger partial charge in [-0.05, 0) is 38.5 Å². The van der Waals surface area contributed by atoms with Crippen LogP contribution in [0.4, 0.5) is 0 Å². The van der Waals surface area contributed by atoms with Gasteiger partial charge in [-0.2, -0.15) is 8.42 Å². The average Bonchev–Trinajstić information content (AvgIpc) is 2.50. The SMILES string of the molecule is CCCCCCCC/C=C\CCCCCCC(C(=O)O)=S(=O)=O. The molecule has 0 atom stereocenters. The summed E-state index contributed by atoms with van der Waals surface area (Å²) in [6, 6.07) is 0. The molecule has 0 aromatic rings. The highest BCUT2D eigenvalue weighted by Crippen LogP contribution is 2.09. The molecule has 23 heavy (non-hydrogen) atoms. The molecule has 0 aliphatic heterocycles. The van der Waals surface area contributed by atoms with Crippen molar-refractivity contribution in [1.82, 2.24) is 0 Å². The molecular weight excluding hydrogens is 312 g/mol. The highest BCUT2D eigenvalue weighted by Gasteiger charge is 2.10. The van der Waals surface area contributed by atoms with Gasteiger partial charge in [-0.15, -0.1) is 0 Å². The van der Waals surface area contributed by atoms with Crippen LogP contribution in [0.3, 0.4) is 0 Å². The van der Waals surface area contributed by atoms with Crippen LogP contribution in [0.5, 0.6) is 0 Å². The van der Waals surface area contributed by atoms with Crippen molar-refractivity contribution in [3.05, 3.63) is 12.2 Å². The molecule has 0 aliphatic carbocycles. The first kappa shape index (κ1) is 21.9. The third-order valence-electron chi connectivity index (χ3n) is 3.86. The Kier molecular flexibility index (Phi) is 15.0. The third kappa shape index (κ3) is 14.2. The average molecular weight is 345 g/mol. The van der Waals surface area contributed by atoms with E-state index in [0.717, 1.165) is 25.7 Å². The fraction of sp³-hybridized carbons (Fsp3) is 0.778. The van der Waals surface area contributed by atoms with Crippen LogP contribution in [-0.4, -0.2) is 24.4 Å². The first-order chi connectivity index (χ1) is 11.1. The monoisotopic (exact) mass is 344 g/mol. The van der Waals surface area contributed by atoms with Crippen molar-refractivity contribution in [2.24, 2.45) is 0 Å². The molecular formula is C18H32O4S. The maximum Gasteiger partial charge on any atom is 0.347 e. The zero-order valence-electron chi connectivity index (χ0n) is 14.4. The van der Waals surface area contributed by atoms with E-state index in [1.165, 1.54) is 44.9 Å². The molecule has 0 bridgehead atoms. The Hall–Kier alpha value is -1.10. The molecule has 134 valence electrons. The topological polar surface area (TPSA) is 71.4 Å². The van der Waals surface area contributed by atoms with Crippen molar-refractivity contribution in [2.45, 2.75) is 90.4 Å². The minimum atomic E-state index is -2.59. The highest BCUT2D eigenvalue weighted by atomic mass is 32.2. The molecule has 1 N–H and O–H groups in total. The largest absolute Gasteiger partial charge is 0.477 e. The second-order valence-electron chi connectivity index (χ2n) is 5.94. The van der Waals surface area contributed by atoms with Crippen LogP contribution in [-0.2, 0) is 15.1 Å². The van der Waals surface area contributed by atoms with Crippen LogP contribution in [0, 0.1) is 0 Å². The summed E-state index contributed by atoms with van der Waals surface area (Å²) in [4.78, 5) is 10.3. The summed E-state index contributed by atoms with van der Waals surface area (Å²) in [5.41, 5.74) is 0. The van der Waals surface area contributed by atoms with E-state index >= 15 is 0 Å². The van der Waals surface area contributed by atoms with Crippen LogP contribution in [0.15, 0.2) is 12.2 Å². The van der Waals surface area contributed by atoms with E-state index in [9.17, 15) is 13.2 Å². The zero-order valence-corrected chi connectivity index (χ0v) is 15.2. The minimum Gasteiger partial charge on any atom is -0.477 e. The Balaban J connectivity index is 3.44. The first-order valence-corrected chi connectivity index (χ1v) is 10.0. The Morgan fingerprint density at radius 2 is 1.30 bits per heavy atom. The second kappa shape index (κ2) is 15.8. The number of rotatable bonds is 15. The van der Waals surface area contributed by atoms with Gasteiger partial charge in [-0.1, -0.05) is 64.0 Å². The maximum atomic E-state index is 10.7. The lowest BCUT2D eigenvalue weighted by Crippen LogP contribution is -2.13. The Morgan fingerprint density at radius 1 is 0.826 bits per heavy atom. The van der Waals surface area contributed by atoms with Gasteiger partial charge in [0.05, 0.1) is 0 Å². The van der Waals surface area contributed by atoms with Crippen molar-refractivity contribution < 1.29 is 18.3 Å². The molecule has 0 aromatic heterocycles. The lowest BCUT2D eigenvalue weighted by molar-refractivity contribution is -0.129. The molecule has 0 fully saturated rings. The predicted octanol–water partition coefficient (Wildman–Crippen LogP) is 4.77. The number of hydrogen-bond acceptors (Lipinski definition) is 3. The molecule has 0 rings (SSSR count). The smallest absolute Gasteiger partial charge is 0.347 e. The number of aliphatic carboxylic acids is 1. The number of unbranched alkanes of at least 4 members (excludes halogenated alkanes) is 10. The van der Waals surface area contributed by atoms with Crippen molar-refractivity contribution in [1.29, 1.82) is 0 Å². The van der Waals surface area contributed by atoms with Gasteiger partial charge >= 0.3 is 5.97 Å². The quantitative estimate of drug-likeness (QED) is 0.264. The van der Waals surface area contributed by atoms with Crippen LogP contribution >= 0.6 is 0 Å². The highest BCUT2D eigenvalue weighted by molar-refractivity contribution is 7.74. The first-order valence-electron chi connectivity index (χ1n) is 8.93. The number of carbonyl (C=O) groups is 1. The molecule has 0 unspecified atom stereocenters. The van der Waals surface area contributed by atoms with E-state index in [1.807, 2.05) is 0 Å². The van der Waals surface area contributed by atoms with E-state index in [-0.39, 0.29) is 6.42 Å². The standard InChI is InChI=1S/C18H32O4S/c1-2-3-4-5-6-7-8-9-10-11-12-13-14-15-16-17(18(19)20)23(21)22/h9-10H,2-8,11-16H2,1H3,(H,19,20)/b10-9-. The van der Waals surface area contributed by atoms with Crippen molar-refractivity contribution in [3.8, 4) is 0 Å². The number of allylic oxidation sites excluding steroid dienone is 2. The Bertz CT molecular complexity index is 455. The van der Waals surface area contributed by atoms with Gasteiger partial charge in [0, 0.05) is 0 Å². The van der Waals surface area contributed by atoms with Gasteiger partial charge in [0.2, 0.25) is 10.3 Å². The summed E-state index contributed by atoms with van der Waals surface area (Å²) >= 11 is 0. The molecule has 5 heteroatoms. The lowest BCUT2D eigenvalue weighted by atomic mass is 10.1. The number of carboxylic acid groups (broad SMARTS) is 1. The normalized spacial score (nSPS) is 11.0. The summed E-state index contributed by atoms with van der Waals surface area (Å²) in [7, 11) is -2.59. The predicted molar refractivity (Wildman–Crippen MR) is 96.4 cm³/mol. The van der Waals surface area contributed by atoms with E-state index < -0.39 is 21.1 Å². The summed E-state index contributed by atoms with van der Waals surface area (Å²) in [6.45, 7) is 2.23. The molecule has 0 saturated heterocycles. The van der Waals surface area contributed by atoms with E-state index in [1.54, 1.807) is 0 Å². The summed E-state index contributed by atoms with van der Waals surface area (Å²) in [5, 5.41) is 8.71. The summed E-state index contributed by atoms with van der Waals surface area (Å²) < 4.78 is 21.4. The maximum absolute atomic E-state index is 10.7. The molecule has 0 aliphatic rings. The Morgan fingerprint density at radius 3 is 1.78 bits per heavy atom.